The molecule has 0 unspecified atom stereocenters. The Balaban J connectivity index is 2.14. The summed E-state index contributed by atoms with van der Waals surface area (Å²) < 4.78 is 44.5. The fraction of sp³-hybridized carbons (Fsp3) is 0.474. The number of rotatable bonds is 9. The van der Waals surface area contributed by atoms with Crippen molar-refractivity contribution in [3.63, 3.8) is 0 Å². The van der Waals surface area contributed by atoms with Crippen LogP contribution < -0.4 is 10.1 Å². The summed E-state index contributed by atoms with van der Waals surface area (Å²) in [5.41, 5.74) is 0.966. The van der Waals surface area contributed by atoms with Crippen LogP contribution in [-0.4, -0.2) is 16.6 Å². The van der Waals surface area contributed by atoms with Crippen molar-refractivity contribution in [3.05, 3.63) is 41.6 Å². The standard InChI is InChI=1S/C19H24F3N3O/c1-3-5-7-14-8-10-15(11-9-14)24-18-23-13-16(19(20,21)22)17(25-18)26-12-6-4-2/h8-11,13H,3-7,12H2,1-2H3,(H,23,24,25). The van der Waals surface area contributed by atoms with Gasteiger partial charge in [-0.2, -0.15) is 18.2 Å². The van der Waals surface area contributed by atoms with Crippen LogP contribution in [0.1, 0.15) is 50.7 Å². The van der Waals surface area contributed by atoms with Gasteiger partial charge >= 0.3 is 6.18 Å². The molecule has 7 heteroatoms. The molecule has 1 heterocycles. The van der Waals surface area contributed by atoms with Crippen molar-refractivity contribution in [2.45, 2.75) is 52.1 Å². The third-order valence-corrected chi connectivity index (χ3v) is 3.82. The number of halogens is 3. The monoisotopic (exact) mass is 367 g/mol. The van der Waals surface area contributed by atoms with E-state index in [0.717, 1.165) is 31.9 Å². The average Bonchev–Trinajstić information content (AvgIpc) is 2.60. The van der Waals surface area contributed by atoms with Gasteiger partial charge in [0.05, 0.1) is 6.61 Å². The van der Waals surface area contributed by atoms with E-state index >= 15 is 0 Å². The smallest absolute Gasteiger partial charge is 0.423 e. The lowest BCUT2D eigenvalue weighted by molar-refractivity contribution is -0.139. The van der Waals surface area contributed by atoms with Crippen molar-refractivity contribution in [1.29, 1.82) is 0 Å². The van der Waals surface area contributed by atoms with Gasteiger partial charge in [0, 0.05) is 11.9 Å². The van der Waals surface area contributed by atoms with E-state index in [0.29, 0.717) is 12.1 Å². The summed E-state index contributed by atoms with van der Waals surface area (Å²) >= 11 is 0. The first-order chi connectivity index (χ1) is 12.4. The molecule has 1 aromatic carbocycles. The highest BCUT2D eigenvalue weighted by atomic mass is 19.4. The van der Waals surface area contributed by atoms with Gasteiger partial charge < -0.3 is 10.1 Å². The van der Waals surface area contributed by atoms with Crippen LogP contribution >= 0.6 is 0 Å². The molecular formula is C19H24F3N3O. The van der Waals surface area contributed by atoms with Gasteiger partial charge in [0.2, 0.25) is 11.8 Å². The third-order valence-electron chi connectivity index (χ3n) is 3.82. The van der Waals surface area contributed by atoms with E-state index in [4.69, 9.17) is 4.74 Å². The number of unbranched alkanes of at least 4 members (excludes halogenated alkanes) is 2. The topological polar surface area (TPSA) is 47.0 Å². The minimum absolute atomic E-state index is 0.0748. The molecule has 0 spiro atoms. The van der Waals surface area contributed by atoms with E-state index in [9.17, 15) is 13.2 Å². The Labute approximate surface area is 151 Å². The largest absolute Gasteiger partial charge is 0.477 e. The number of benzene rings is 1. The van der Waals surface area contributed by atoms with Gasteiger partial charge in [-0.05, 0) is 37.0 Å². The van der Waals surface area contributed by atoms with Gasteiger partial charge in [-0.3, -0.25) is 0 Å². The van der Waals surface area contributed by atoms with Crippen molar-refractivity contribution in [2.24, 2.45) is 0 Å². The Bertz CT molecular complexity index is 687. The Hall–Kier alpha value is -2.31. The van der Waals surface area contributed by atoms with E-state index in [2.05, 4.69) is 22.2 Å². The minimum Gasteiger partial charge on any atom is -0.477 e. The van der Waals surface area contributed by atoms with E-state index < -0.39 is 17.6 Å². The van der Waals surface area contributed by atoms with E-state index in [1.807, 2.05) is 31.2 Å². The molecule has 0 amide bonds. The number of alkyl halides is 3. The van der Waals surface area contributed by atoms with Crippen molar-refractivity contribution in [1.82, 2.24) is 9.97 Å². The summed E-state index contributed by atoms with van der Waals surface area (Å²) in [7, 11) is 0. The van der Waals surface area contributed by atoms with Crippen LogP contribution in [0.25, 0.3) is 0 Å². The average molecular weight is 367 g/mol. The summed E-state index contributed by atoms with van der Waals surface area (Å²) in [4.78, 5) is 7.69. The van der Waals surface area contributed by atoms with Crippen molar-refractivity contribution in [3.8, 4) is 5.88 Å². The minimum atomic E-state index is -4.55. The summed E-state index contributed by atoms with van der Waals surface area (Å²) in [5.74, 6) is -0.367. The number of nitrogens with one attached hydrogen (secondary N) is 1. The maximum absolute atomic E-state index is 13.1. The molecule has 0 aliphatic carbocycles. The highest BCUT2D eigenvalue weighted by Crippen LogP contribution is 2.35. The molecule has 0 radical (unpaired) electrons. The summed E-state index contributed by atoms with van der Waals surface area (Å²) in [5, 5.41) is 2.93. The predicted octanol–water partition coefficient (Wildman–Crippen LogP) is 5.76. The number of aryl methyl sites for hydroxylation is 1. The molecule has 0 fully saturated rings. The highest BCUT2D eigenvalue weighted by molar-refractivity contribution is 5.54. The fourth-order valence-corrected chi connectivity index (χ4v) is 2.31. The van der Waals surface area contributed by atoms with E-state index in [1.54, 1.807) is 0 Å². The summed E-state index contributed by atoms with van der Waals surface area (Å²) in [6.07, 6.45) is 0.925. The molecule has 4 nitrogen and oxygen atoms in total. The van der Waals surface area contributed by atoms with Crippen molar-refractivity contribution >= 4 is 11.6 Å². The van der Waals surface area contributed by atoms with Crippen LogP contribution in [-0.2, 0) is 12.6 Å². The molecule has 142 valence electrons. The maximum Gasteiger partial charge on any atom is 0.423 e. The van der Waals surface area contributed by atoms with Gasteiger partial charge in [-0.1, -0.05) is 38.8 Å². The second kappa shape index (κ2) is 9.40. The first kappa shape index (κ1) is 20.0. The van der Waals surface area contributed by atoms with Crippen LogP contribution in [0.5, 0.6) is 5.88 Å². The van der Waals surface area contributed by atoms with Gasteiger partial charge in [-0.25, -0.2) is 4.98 Å². The van der Waals surface area contributed by atoms with Gasteiger partial charge in [0.1, 0.15) is 5.56 Å². The molecule has 2 rings (SSSR count). The zero-order valence-electron chi connectivity index (χ0n) is 15.1. The lowest BCUT2D eigenvalue weighted by Crippen LogP contribution is -2.13. The SMILES string of the molecule is CCCCOc1nc(Nc2ccc(CCCC)cc2)ncc1C(F)(F)F. The van der Waals surface area contributed by atoms with Crippen molar-refractivity contribution < 1.29 is 17.9 Å². The first-order valence-electron chi connectivity index (χ1n) is 8.87. The van der Waals surface area contributed by atoms with Crippen LogP contribution in [0.2, 0.25) is 0 Å². The Kier molecular flexibility index (Phi) is 7.24. The van der Waals surface area contributed by atoms with E-state index in [1.165, 1.54) is 5.56 Å². The van der Waals surface area contributed by atoms with Gasteiger partial charge in [0.15, 0.2) is 0 Å². The quantitative estimate of drug-likeness (QED) is 0.572. The summed E-state index contributed by atoms with van der Waals surface area (Å²) in [6, 6.07) is 7.70. The number of nitrogens with zero attached hydrogens (tertiary/aromatic N) is 2. The van der Waals surface area contributed by atoms with Crippen LogP contribution in [0, 0.1) is 0 Å². The van der Waals surface area contributed by atoms with Crippen LogP contribution in [0.3, 0.4) is 0 Å². The number of aromatic nitrogens is 2. The van der Waals surface area contributed by atoms with Crippen molar-refractivity contribution in [2.75, 3.05) is 11.9 Å². The number of ether oxygens (including phenoxy) is 1. The highest BCUT2D eigenvalue weighted by Gasteiger charge is 2.36. The lowest BCUT2D eigenvalue weighted by atomic mass is 10.1. The molecule has 1 aromatic heterocycles. The Morgan fingerprint density at radius 2 is 1.73 bits per heavy atom. The molecule has 0 bridgehead atoms. The fourth-order valence-electron chi connectivity index (χ4n) is 2.31. The van der Waals surface area contributed by atoms with E-state index in [-0.39, 0.29) is 12.6 Å². The zero-order chi connectivity index (χ0) is 19.0. The third kappa shape index (κ3) is 5.89. The Morgan fingerprint density at radius 1 is 1.04 bits per heavy atom. The molecule has 0 aliphatic rings. The molecule has 2 aromatic rings. The molecule has 1 N–H and O–H groups in total. The second-order valence-corrected chi connectivity index (χ2v) is 6.04. The number of hydrogen-bond acceptors (Lipinski definition) is 4. The van der Waals surface area contributed by atoms with Crippen LogP contribution in [0.15, 0.2) is 30.5 Å². The second-order valence-electron chi connectivity index (χ2n) is 6.04. The maximum atomic E-state index is 13.1. The first-order valence-corrected chi connectivity index (χ1v) is 8.87. The lowest BCUT2D eigenvalue weighted by Gasteiger charge is -2.14. The molecule has 0 aliphatic heterocycles. The molecule has 0 saturated carbocycles. The predicted molar refractivity (Wildman–Crippen MR) is 95.8 cm³/mol. The zero-order valence-corrected chi connectivity index (χ0v) is 15.1. The molecule has 0 saturated heterocycles. The van der Waals surface area contributed by atoms with Gasteiger partial charge in [-0.15, -0.1) is 0 Å². The Morgan fingerprint density at radius 3 is 2.35 bits per heavy atom. The molecule has 0 atom stereocenters. The van der Waals surface area contributed by atoms with Gasteiger partial charge in [0.25, 0.3) is 0 Å². The molecular weight excluding hydrogens is 343 g/mol. The number of hydrogen-bond donors (Lipinski definition) is 1. The summed E-state index contributed by atoms with van der Waals surface area (Å²) in [6.45, 7) is 4.26. The molecule has 26 heavy (non-hydrogen) atoms. The van der Waals surface area contributed by atoms with Crippen LogP contribution in [0.4, 0.5) is 24.8 Å². The number of anilines is 2. The normalized spacial score (nSPS) is 11.4.